The number of aromatic nitrogens is 1. The first-order valence-corrected chi connectivity index (χ1v) is 9.70. The molecule has 5 nitrogen and oxygen atoms in total. The lowest BCUT2D eigenvalue weighted by atomic mass is 10.0. The van der Waals surface area contributed by atoms with E-state index >= 15 is 0 Å². The fourth-order valence-electron chi connectivity index (χ4n) is 2.72. The normalized spacial score (nSPS) is 19.4. The number of thiazole rings is 1. The molecule has 3 rings (SSSR count). The van der Waals surface area contributed by atoms with Crippen LogP contribution in [0.25, 0.3) is 11.3 Å². The maximum Gasteiger partial charge on any atom is 0.238 e. The number of primary sulfonamides is 1. The minimum Gasteiger partial charge on any atom is -0.348 e. The van der Waals surface area contributed by atoms with Crippen molar-refractivity contribution in [3.63, 3.8) is 0 Å². The maximum atomic E-state index is 11.3. The van der Waals surface area contributed by atoms with E-state index < -0.39 is 10.0 Å². The van der Waals surface area contributed by atoms with Gasteiger partial charge in [0, 0.05) is 24.0 Å². The van der Waals surface area contributed by atoms with Gasteiger partial charge in [-0.05, 0) is 30.9 Å². The molecule has 1 saturated heterocycles. The SMILES string of the molecule is C[C@H]1CCCN(c2nc(-c3ccc(S(N)(=O)=O)cc3)cs2)C1. The molecular weight excluding hydrogens is 318 g/mol. The van der Waals surface area contributed by atoms with Crippen molar-refractivity contribution in [2.75, 3.05) is 18.0 Å². The quantitative estimate of drug-likeness (QED) is 0.934. The minimum absolute atomic E-state index is 0.122. The number of nitrogens with two attached hydrogens (primary N) is 1. The molecule has 0 spiro atoms. The van der Waals surface area contributed by atoms with Crippen LogP contribution in [0.5, 0.6) is 0 Å². The second-order valence-corrected chi connectivity index (χ2v) is 8.18. The molecule has 7 heteroatoms. The number of hydrogen-bond acceptors (Lipinski definition) is 5. The summed E-state index contributed by atoms with van der Waals surface area (Å²) in [5.41, 5.74) is 1.78. The highest BCUT2D eigenvalue weighted by molar-refractivity contribution is 7.89. The summed E-state index contributed by atoms with van der Waals surface area (Å²) in [4.78, 5) is 7.15. The molecule has 1 aromatic heterocycles. The lowest BCUT2D eigenvalue weighted by Crippen LogP contribution is -2.34. The van der Waals surface area contributed by atoms with Crippen molar-refractivity contribution in [3.05, 3.63) is 29.6 Å². The van der Waals surface area contributed by atoms with Gasteiger partial charge in [0.2, 0.25) is 10.0 Å². The second-order valence-electron chi connectivity index (χ2n) is 5.78. The van der Waals surface area contributed by atoms with Crippen molar-refractivity contribution in [1.29, 1.82) is 0 Å². The molecule has 1 aliphatic rings. The van der Waals surface area contributed by atoms with Gasteiger partial charge < -0.3 is 4.90 Å². The third-order valence-corrected chi connectivity index (χ3v) is 5.73. The van der Waals surface area contributed by atoms with Gasteiger partial charge >= 0.3 is 0 Å². The number of benzene rings is 1. The Bertz CT molecular complexity index is 753. The lowest BCUT2D eigenvalue weighted by Gasteiger charge is -2.30. The van der Waals surface area contributed by atoms with Crippen molar-refractivity contribution < 1.29 is 8.42 Å². The fraction of sp³-hybridized carbons (Fsp3) is 0.400. The number of nitrogens with zero attached hydrogens (tertiary/aromatic N) is 2. The maximum absolute atomic E-state index is 11.3. The first-order valence-electron chi connectivity index (χ1n) is 7.27. The monoisotopic (exact) mass is 337 g/mol. The Balaban J connectivity index is 1.81. The zero-order valence-electron chi connectivity index (χ0n) is 12.4. The van der Waals surface area contributed by atoms with Crippen LogP contribution in [0, 0.1) is 5.92 Å². The van der Waals surface area contributed by atoms with Crippen molar-refractivity contribution >= 4 is 26.5 Å². The van der Waals surface area contributed by atoms with E-state index in [0.717, 1.165) is 29.5 Å². The van der Waals surface area contributed by atoms with E-state index in [1.54, 1.807) is 23.5 Å². The van der Waals surface area contributed by atoms with E-state index in [-0.39, 0.29) is 4.90 Å². The lowest BCUT2D eigenvalue weighted by molar-refractivity contribution is 0.446. The van der Waals surface area contributed by atoms with E-state index in [2.05, 4.69) is 11.8 Å². The Morgan fingerprint density at radius 1 is 1.32 bits per heavy atom. The average Bonchev–Trinajstić information content (AvgIpc) is 2.96. The molecule has 2 aromatic rings. The van der Waals surface area contributed by atoms with Gasteiger partial charge in [-0.2, -0.15) is 0 Å². The molecule has 0 bridgehead atoms. The third kappa shape index (κ3) is 3.31. The number of anilines is 1. The summed E-state index contributed by atoms with van der Waals surface area (Å²) >= 11 is 1.63. The minimum atomic E-state index is -3.65. The van der Waals surface area contributed by atoms with E-state index in [9.17, 15) is 8.42 Å². The zero-order chi connectivity index (χ0) is 15.7. The van der Waals surface area contributed by atoms with Crippen LogP contribution < -0.4 is 10.0 Å². The Hall–Kier alpha value is -1.44. The Morgan fingerprint density at radius 2 is 2.05 bits per heavy atom. The number of rotatable bonds is 3. The largest absolute Gasteiger partial charge is 0.348 e. The third-order valence-electron chi connectivity index (χ3n) is 3.90. The van der Waals surface area contributed by atoms with Crippen LogP contribution in [0.4, 0.5) is 5.13 Å². The molecule has 2 N–H and O–H groups in total. The van der Waals surface area contributed by atoms with E-state index in [1.165, 1.54) is 25.0 Å². The molecule has 0 unspecified atom stereocenters. The average molecular weight is 337 g/mol. The van der Waals surface area contributed by atoms with Crippen LogP contribution >= 0.6 is 11.3 Å². The Morgan fingerprint density at radius 3 is 2.68 bits per heavy atom. The molecule has 0 aliphatic carbocycles. The van der Waals surface area contributed by atoms with Crippen molar-refractivity contribution in [2.24, 2.45) is 11.1 Å². The summed E-state index contributed by atoms with van der Waals surface area (Å²) in [6.45, 7) is 4.38. The summed E-state index contributed by atoms with van der Waals surface area (Å²) in [5.74, 6) is 0.704. The van der Waals surface area contributed by atoms with Gasteiger partial charge in [0.25, 0.3) is 0 Å². The van der Waals surface area contributed by atoms with Gasteiger partial charge in [-0.3, -0.25) is 0 Å². The molecule has 1 atom stereocenters. The molecule has 1 fully saturated rings. The molecule has 2 heterocycles. The van der Waals surface area contributed by atoms with Crippen molar-refractivity contribution in [2.45, 2.75) is 24.7 Å². The highest BCUT2D eigenvalue weighted by atomic mass is 32.2. The summed E-state index contributed by atoms with van der Waals surface area (Å²) in [7, 11) is -3.65. The smallest absolute Gasteiger partial charge is 0.238 e. The van der Waals surface area contributed by atoms with Crippen LogP contribution in [0.2, 0.25) is 0 Å². The summed E-state index contributed by atoms with van der Waals surface area (Å²) in [6.07, 6.45) is 2.49. The van der Waals surface area contributed by atoms with Crippen LogP contribution in [-0.2, 0) is 10.0 Å². The molecule has 118 valence electrons. The summed E-state index contributed by atoms with van der Waals surface area (Å²) in [5, 5.41) is 8.17. The van der Waals surface area contributed by atoms with Crippen molar-refractivity contribution in [3.8, 4) is 11.3 Å². The Labute approximate surface area is 134 Å². The second kappa shape index (κ2) is 5.98. The molecule has 0 radical (unpaired) electrons. The molecule has 0 saturated carbocycles. The van der Waals surface area contributed by atoms with E-state index in [4.69, 9.17) is 10.1 Å². The Kier molecular flexibility index (Phi) is 4.20. The molecule has 0 amide bonds. The zero-order valence-corrected chi connectivity index (χ0v) is 14.0. The fourth-order valence-corrected chi connectivity index (χ4v) is 4.11. The van der Waals surface area contributed by atoms with Crippen LogP contribution in [0.15, 0.2) is 34.5 Å². The van der Waals surface area contributed by atoms with Crippen LogP contribution in [0.1, 0.15) is 19.8 Å². The predicted molar refractivity (Wildman–Crippen MR) is 89.5 cm³/mol. The highest BCUT2D eigenvalue weighted by Crippen LogP contribution is 2.30. The van der Waals surface area contributed by atoms with Gasteiger partial charge in [-0.15, -0.1) is 11.3 Å². The standard InChI is InChI=1S/C15H19N3O2S2/c1-11-3-2-8-18(9-11)15-17-14(10-21-15)12-4-6-13(7-5-12)22(16,19)20/h4-7,10-11H,2-3,8-9H2,1H3,(H2,16,19,20)/t11-/m0/s1. The molecular formula is C15H19N3O2S2. The summed E-state index contributed by atoms with van der Waals surface area (Å²) < 4.78 is 22.6. The topological polar surface area (TPSA) is 76.3 Å². The van der Waals surface area contributed by atoms with Crippen LogP contribution in [-0.4, -0.2) is 26.5 Å². The predicted octanol–water partition coefficient (Wildman–Crippen LogP) is 2.69. The number of hydrogen-bond donors (Lipinski definition) is 1. The molecule has 1 aromatic carbocycles. The first-order chi connectivity index (χ1) is 10.4. The molecule has 1 aliphatic heterocycles. The highest BCUT2D eigenvalue weighted by Gasteiger charge is 2.19. The van der Waals surface area contributed by atoms with E-state index in [1.807, 2.05) is 5.38 Å². The van der Waals surface area contributed by atoms with Crippen molar-refractivity contribution in [1.82, 2.24) is 4.98 Å². The van der Waals surface area contributed by atoms with Crippen LogP contribution in [0.3, 0.4) is 0 Å². The van der Waals surface area contributed by atoms with Gasteiger partial charge in [0.05, 0.1) is 10.6 Å². The van der Waals surface area contributed by atoms with Gasteiger partial charge in [0.15, 0.2) is 5.13 Å². The molecule has 22 heavy (non-hydrogen) atoms. The van der Waals surface area contributed by atoms with Gasteiger partial charge in [0.1, 0.15) is 0 Å². The first kappa shape index (κ1) is 15.5. The van der Waals surface area contributed by atoms with E-state index in [0.29, 0.717) is 5.92 Å². The number of piperidine rings is 1. The van der Waals surface area contributed by atoms with Gasteiger partial charge in [-0.25, -0.2) is 18.5 Å². The summed E-state index contributed by atoms with van der Waals surface area (Å²) in [6, 6.07) is 6.54. The number of sulfonamides is 1. The van der Waals surface area contributed by atoms with Gasteiger partial charge in [-0.1, -0.05) is 19.1 Å².